The van der Waals surface area contributed by atoms with Gasteiger partial charge in [0.05, 0.1) is 0 Å². The second-order valence-corrected chi connectivity index (χ2v) is 5.55. The molecule has 0 aromatic heterocycles. The zero-order valence-electron chi connectivity index (χ0n) is 8.76. The van der Waals surface area contributed by atoms with Crippen molar-refractivity contribution >= 4 is 24.4 Å². The van der Waals surface area contributed by atoms with Crippen LogP contribution in [0.4, 0.5) is 8.78 Å². The third-order valence-electron chi connectivity index (χ3n) is 1.95. The summed E-state index contributed by atoms with van der Waals surface area (Å²) in [5.74, 6) is 0.0158. The summed E-state index contributed by atoms with van der Waals surface area (Å²) in [4.78, 5) is 0.753. The van der Waals surface area contributed by atoms with Gasteiger partial charge in [0.1, 0.15) is 0 Å². The molecule has 84 valence electrons. The van der Waals surface area contributed by atoms with Gasteiger partial charge < -0.3 is 0 Å². The molecule has 0 aliphatic heterocycles. The van der Waals surface area contributed by atoms with Crippen molar-refractivity contribution in [2.75, 3.05) is 11.5 Å². The molecule has 0 saturated carbocycles. The van der Waals surface area contributed by atoms with Gasteiger partial charge in [0.2, 0.25) is 0 Å². The van der Waals surface area contributed by atoms with Gasteiger partial charge in [-0.25, -0.2) is 8.78 Å². The van der Waals surface area contributed by atoms with Gasteiger partial charge in [-0.3, -0.25) is 0 Å². The average molecular weight is 248 g/mol. The Morgan fingerprint density at radius 3 is 2.47 bits per heavy atom. The van der Waals surface area contributed by atoms with Crippen molar-refractivity contribution in [3.8, 4) is 0 Å². The lowest BCUT2D eigenvalue weighted by Crippen LogP contribution is -2.16. The van der Waals surface area contributed by atoms with E-state index >= 15 is 0 Å². The van der Waals surface area contributed by atoms with Crippen LogP contribution < -0.4 is 0 Å². The molecule has 1 aromatic rings. The molecule has 0 aliphatic carbocycles. The second kappa shape index (κ2) is 5.21. The normalized spacial score (nSPS) is 11.8. The minimum atomic E-state index is -0.798. The summed E-state index contributed by atoms with van der Waals surface area (Å²) in [6.07, 6.45) is 0. The highest BCUT2D eigenvalue weighted by molar-refractivity contribution is 7.99. The van der Waals surface area contributed by atoms with Crippen molar-refractivity contribution in [3.05, 3.63) is 29.8 Å². The molecule has 1 rings (SSSR count). The van der Waals surface area contributed by atoms with Crippen LogP contribution in [0.3, 0.4) is 0 Å². The largest absolute Gasteiger partial charge is 0.204 e. The summed E-state index contributed by atoms with van der Waals surface area (Å²) in [6.45, 7) is 4.18. The molecule has 0 spiro atoms. The molecule has 1 aromatic carbocycles. The van der Waals surface area contributed by atoms with Crippen LogP contribution in [0.5, 0.6) is 0 Å². The van der Waals surface area contributed by atoms with E-state index in [9.17, 15) is 8.78 Å². The van der Waals surface area contributed by atoms with Crippen LogP contribution in [-0.4, -0.2) is 11.5 Å². The number of halogens is 2. The molecule has 0 saturated heterocycles. The molecule has 0 bridgehead atoms. The number of benzene rings is 1. The smallest absolute Gasteiger partial charge is 0.159 e. The van der Waals surface area contributed by atoms with Crippen LogP contribution in [0.2, 0.25) is 0 Å². The van der Waals surface area contributed by atoms with E-state index in [1.807, 2.05) is 0 Å². The molecule has 0 nitrogen and oxygen atoms in total. The predicted octanol–water partition coefficient (Wildman–Crippen LogP) is 4.01. The van der Waals surface area contributed by atoms with Crippen LogP contribution in [0.15, 0.2) is 23.1 Å². The Morgan fingerprint density at radius 1 is 1.27 bits per heavy atom. The van der Waals surface area contributed by atoms with E-state index in [-0.39, 0.29) is 5.41 Å². The topological polar surface area (TPSA) is 0 Å². The molecular weight excluding hydrogens is 234 g/mol. The molecular formula is C11H14F2S2. The number of thiol groups is 1. The molecule has 0 heterocycles. The van der Waals surface area contributed by atoms with Crippen LogP contribution in [0.25, 0.3) is 0 Å². The van der Waals surface area contributed by atoms with E-state index in [0.29, 0.717) is 0 Å². The van der Waals surface area contributed by atoms with Crippen molar-refractivity contribution in [1.29, 1.82) is 0 Å². The van der Waals surface area contributed by atoms with Crippen molar-refractivity contribution in [3.63, 3.8) is 0 Å². The Bertz CT molecular complexity index is 337. The summed E-state index contributed by atoms with van der Waals surface area (Å²) in [5, 5.41) is 0. The summed E-state index contributed by atoms with van der Waals surface area (Å²) in [6, 6.07) is 3.98. The van der Waals surface area contributed by atoms with Crippen molar-refractivity contribution in [2.24, 2.45) is 5.41 Å². The van der Waals surface area contributed by atoms with Crippen LogP contribution >= 0.6 is 24.4 Å². The van der Waals surface area contributed by atoms with E-state index in [4.69, 9.17) is 0 Å². The highest BCUT2D eigenvalue weighted by Gasteiger charge is 2.16. The number of thioether (sulfide) groups is 1. The maximum Gasteiger partial charge on any atom is 0.159 e. The molecule has 0 atom stereocenters. The standard InChI is InChI=1S/C11H14F2S2/c1-11(2,6-14)7-15-8-3-4-9(12)10(13)5-8/h3-5,14H,6-7H2,1-2H3. The lowest BCUT2D eigenvalue weighted by molar-refractivity contribution is 0.493. The molecule has 0 radical (unpaired) electrons. The van der Waals surface area contributed by atoms with Gasteiger partial charge in [-0.1, -0.05) is 13.8 Å². The van der Waals surface area contributed by atoms with E-state index in [1.54, 1.807) is 6.07 Å². The van der Waals surface area contributed by atoms with E-state index < -0.39 is 11.6 Å². The molecule has 0 unspecified atom stereocenters. The molecule has 4 heteroatoms. The van der Waals surface area contributed by atoms with E-state index in [1.165, 1.54) is 17.8 Å². The minimum absolute atomic E-state index is 0.0959. The lowest BCUT2D eigenvalue weighted by atomic mass is 10.0. The van der Waals surface area contributed by atoms with Gasteiger partial charge in [0.15, 0.2) is 11.6 Å². The van der Waals surface area contributed by atoms with Crippen LogP contribution in [0.1, 0.15) is 13.8 Å². The first-order valence-corrected chi connectivity index (χ1v) is 6.25. The number of rotatable bonds is 4. The summed E-state index contributed by atoms with van der Waals surface area (Å²) >= 11 is 5.76. The van der Waals surface area contributed by atoms with E-state index in [2.05, 4.69) is 26.5 Å². The second-order valence-electron chi connectivity index (χ2n) is 4.19. The van der Waals surface area contributed by atoms with Crippen LogP contribution in [0, 0.1) is 17.0 Å². The molecule has 0 amide bonds. The fourth-order valence-corrected chi connectivity index (χ4v) is 2.16. The molecule has 0 fully saturated rings. The van der Waals surface area contributed by atoms with Gasteiger partial charge in [0, 0.05) is 10.6 Å². The summed E-state index contributed by atoms with van der Waals surface area (Å²) in [5.41, 5.74) is 0.0959. The van der Waals surface area contributed by atoms with Crippen molar-refractivity contribution in [2.45, 2.75) is 18.7 Å². The summed E-state index contributed by atoms with van der Waals surface area (Å²) < 4.78 is 25.5. The Hall–Kier alpha value is -0.220. The maximum atomic E-state index is 12.9. The Labute approximate surface area is 98.9 Å². The van der Waals surface area contributed by atoms with Gasteiger partial charge in [-0.2, -0.15) is 12.6 Å². The Balaban J connectivity index is 2.62. The Kier molecular flexibility index (Phi) is 4.46. The quantitative estimate of drug-likeness (QED) is 0.620. The third-order valence-corrected chi connectivity index (χ3v) is 4.32. The zero-order valence-corrected chi connectivity index (χ0v) is 10.5. The van der Waals surface area contributed by atoms with E-state index in [0.717, 1.165) is 22.5 Å². The molecule has 15 heavy (non-hydrogen) atoms. The molecule has 0 aliphatic rings. The number of hydrogen-bond acceptors (Lipinski definition) is 2. The van der Waals surface area contributed by atoms with Gasteiger partial charge >= 0.3 is 0 Å². The SMILES string of the molecule is CC(C)(CS)CSc1ccc(F)c(F)c1. The average Bonchev–Trinajstić information content (AvgIpc) is 2.20. The lowest BCUT2D eigenvalue weighted by Gasteiger charge is -2.21. The fraction of sp³-hybridized carbons (Fsp3) is 0.455. The van der Waals surface area contributed by atoms with Crippen molar-refractivity contribution in [1.82, 2.24) is 0 Å². The van der Waals surface area contributed by atoms with Gasteiger partial charge in [-0.15, -0.1) is 11.8 Å². The molecule has 0 N–H and O–H groups in total. The zero-order chi connectivity index (χ0) is 11.5. The minimum Gasteiger partial charge on any atom is -0.204 e. The van der Waals surface area contributed by atoms with Gasteiger partial charge in [0.25, 0.3) is 0 Å². The first-order valence-electron chi connectivity index (χ1n) is 4.63. The highest BCUT2D eigenvalue weighted by atomic mass is 32.2. The first kappa shape index (κ1) is 12.8. The summed E-state index contributed by atoms with van der Waals surface area (Å²) in [7, 11) is 0. The monoisotopic (exact) mass is 248 g/mol. The highest BCUT2D eigenvalue weighted by Crippen LogP contribution is 2.29. The number of hydrogen-bond donors (Lipinski definition) is 1. The van der Waals surface area contributed by atoms with Crippen molar-refractivity contribution < 1.29 is 8.78 Å². The van der Waals surface area contributed by atoms with Crippen LogP contribution in [-0.2, 0) is 0 Å². The predicted molar refractivity (Wildman–Crippen MR) is 64.7 cm³/mol. The third kappa shape index (κ3) is 4.03. The fourth-order valence-electron chi connectivity index (χ4n) is 0.891. The maximum absolute atomic E-state index is 12.9. The first-order chi connectivity index (χ1) is 6.94. The van der Waals surface area contributed by atoms with Gasteiger partial charge in [-0.05, 0) is 29.4 Å². The Morgan fingerprint density at radius 2 is 1.93 bits per heavy atom.